The van der Waals surface area contributed by atoms with Crippen LogP contribution >= 0.6 is 0 Å². The highest BCUT2D eigenvalue weighted by Gasteiger charge is 2.33. The van der Waals surface area contributed by atoms with Crippen LogP contribution in [-0.2, 0) is 16.1 Å². The van der Waals surface area contributed by atoms with E-state index >= 15 is 0 Å². The maximum atomic E-state index is 12.4. The first-order valence-electron chi connectivity index (χ1n) is 7.85. The number of nitrogens with one attached hydrogen (secondary N) is 1. The fourth-order valence-electron chi connectivity index (χ4n) is 2.67. The van der Waals surface area contributed by atoms with Crippen molar-refractivity contribution in [2.75, 3.05) is 13.1 Å². The molecule has 2 heterocycles. The summed E-state index contributed by atoms with van der Waals surface area (Å²) in [5.41, 5.74) is 0.445. The number of carbonyl (C=O) groups excluding carboxylic acids is 2. The highest BCUT2D eigenvalue weighted by molar-refractivity contribution is 5.83. The largest absolute Gasteiger partial charge is 0.350 e. The Morgan fingerprint density at radius 2 is 2.14 bits per heavy atom. The molecule has 5 heteroatoms. The molecule has 0 spiro atoms. The molecule has 1 aliphatic rings. The average molecular weight is 303 g/mol. The van der Waals surface area contributed by atoms with Crippen LogP contribution in [-0.4, -0.2) is 34.8 Å². The molecular weight excluding hydrogens is 278 g/mol. The van der Waals surface area contributed by atoms with E-state index in [0.717, 1.165) is 25.1 Å². The molecule has 0 aromatic carbocycles. The fraction of sp³-hybridized carbons (Fsp3) is 0.588. The molecule has 0 bridgehead atoms. The summed E-state index contributed by atoms with van der Waals surface area (Å²) < 4.78 is 0. The van der Waals surface area contributed by atoms with Crippen LogP contribution in [0.5, 0.6) is 0 Å². The van der Waals surface area contributed by atoms with Gasteiger partial charge in [-0.2, -0.15) is 0 Å². The highest BCUT2D eigenvalue weighted by atomic mass is 16.2. The number of carbonyl (C=O) groups is 2. The minimum atomic E-state index is -0.397. The summed E-state index contributed by atoms with van der Waals surface area (Å²) in [7, 11) is 0. The lowest BCUT2D eigenvalue weighted by atomic mass is 9.91. The van der Waals surface area contributed by atoms with Gasteiger partial charge in [0.05, 0.1) is 18.2 Å². The molecular formula is C17H25N3O2. The molecule has 1 aromatic heterocycles. The molecule has 2 rings (SSSR count). The molecule has 1 N–H and O–H groups in total. The minimum Gasteiger partial charge on any atom is -0.350 e. The number of hydrogen-bond acceptors (Lipinski definition) is 3. The van der Waals surface area contributed by atoms with Crippen LogP contribution in [0.4, 0.5) is 0 Å². The number of rotatable bonds is 3. The van der Waals surface area contributed by atoms with Crippen molar-refractivity contribution in [2.24, 2.45) is 11.3 Å². The maximum absolute atomic E-state index is 12.4. The second-order valence-corrected chi connectivity index (χ2v) is 6.88. The molecule has 0 radical (unpaired) electrons. The second kappa shape index (κ2) is 6.90. The Morgan fingerprint density at radius 1 is 1.36 bits per heavy atom. The molecule has 0 aliphatic carbocycles. The smallest absolute Gasteiger partial charge is 0.227 e. The van der Waals surface area contributed by atoms with Crippen molar-refractivity contribution in [3.05, 3.63) is 30.1 Å². The summed E-state index contributed by atoms with van der Waals surface area (Å²) in [6.45, 7) is 7.45. The van der Waals surface area contributed by atoms with Gasteiger partial charge in [0.15, 0.2) is 0 Å². The van der Waals surface area contributed by atoms with Gasteiger partial charge in [0.1, 0.15) is 0 Å². The lowest BCUT2D eigenvalue weighted by Gasteiger charge is -2.35. The zero-order valence-corrected chi connectivity index (χ0v) is 13.6. The van der Waals surface area contributed by atoms with Gasteiger partial charge in [0.2, 0.25) is 11.8 Å². The summed E-state index contributed by atoms with van der Waals surface area (Å²) >= 11 is 0. The van der Waals surface area contributed by atoms with Crippen molar-refractivity contribution in [3.8, 4) is 0 Å². The minimum absolute atomic E-state index is 0.0112. The van der Waals surface area contributed by atoms with Crippen LogP contribution < -0.4 is 5.32 Å². The molecule has 1 saturated heterocycles. The number of nitrogens with zero attached hydrogens (tertiary/aromatic N) is 2. The van der Waals surface area contributed by atoms with Crippen molar-refractivity contribution in [2.45, 2.75) is 40.2 Å². The predicted octanol–water partition coefficient (Wildman–Crippen LogP) is 1.98. The predicted molar refractivity (Wildman–Crippen MR) is 84.8 cm³/mol. The first-order valence-corrected chi connectivity index (χ1v) is 7.85. The van der Waals surface area contributed by atoms with Crippen LogP contribution in [0.3, 0.4) is 0 Å². The van der Waals surface area contributed by atoms with Gasteiger partial charge in [-0.3, -0.25) is 14.6 Å². The van der Waals surface area contributed by atoms with Crippen LogP contribution in [0, 0.1) is 11.3 Å². The van der Waals surface area contributed by atoms with Crippen LogP contribution in [0.25, 0.3) is 0 Å². The summed E-state index contributed by atoms with van der Waals surface area (Å²) in [4.78, 5) is 30.7. The molecule has 1 atom stereocenters. The van der Waals surface area contributed by atoms with E-state index in [4.69, 9.17) is 0 Å². The van der Waals surface area contributed by atoms with Gasteiger partial charge < -0.3 is 10.2 Å². The number of piperidine rings is 1. The fourth-order valence-corrected chi connectivity index (χ4v) is 2.67. The quantitative estimate of drug-likeness (QED) is 0.929. The maximum Gasteiger partial charge on any atom is 0.227 e. The number of likely N-dealkylation sites (tertiary alicyclic amines) is 1. The van der Waals surface area contributed by atoms with E-state index in [1.807, 2.05) is 43.9 Å². The van der Waals surface area contributed by atoms with Crippen molar-refractivity contribution >= 4 is 11.8 Å². The Balaban J connectivity index is 1.89. The Bertz CT molecular complexity index is 522. The monoisotopic (exact) mass is 303 g/mol. The van der Waals surface area contributed by atoms with Gasteiger partial charge in [0, 0.05) is 24.7 Å². The Morgan fingerprint density at radius 3 is 2.77 bits per heavy atom. The molecule has 0 saturated carbocycles. The van der Waals surface area contributed by atoms with Gasteiger partial charge in [-0.05, 0) is 25.0 Å². The van der Waals surface area contributed by atoms with Gasteiger partial charge >= 0.3 is 0 Å². The number of pyridine rings is 1. The molecule has 120 valence electrons. The number of aromatic nitrogens is 1. The molecule has 1 fully saturated rings. The average Bonchev–Trinajstić information content (AvgIpc) is 2.52. The SMILES string of the molecule is CC(C)(C)C(=O)N1CCCC(C(=O)NCc2ccccn2)C1. The third-order valence-electron chi connectivity index (χ3n) is 3.89. The summed E-state index contributed by atoms with van der Waals surface area (Å²) in [6.07, 6.45) is 3.43. The normalized spacial score (nSPS) is 18.9. The van der Waals surface area contributed by atoms with Crippen LogP contribution in [0.2, 0.25) is 0 Å². The van der Waals surface area contributed by atoms with Crippen molar-refractivity contribution in [1.29, 1.82) is 0 Å². The van der Waals surface area contributed by atoms with Gasteiger partial charge in [-0.15, -0.1) is 0 Å². The lowest BCUT2D eigenvalue weighted by Crippen LogP contribution is -2.48. The van der Waals surface area contributed by atoms with E-state index in [9.17, 15) is 9.59 Å². The zero-order chi connectivity index (χ0) is 16.2. The molecule has 22 heavy (non-hydrogen) atoms. The molecule has 1 aliphatic heterocycles. The molecule has 2 amide bonds. The first-order chi connectivity index (χ1) is 10.4. The van der Waals surface area contributed by atoms with Crippen molar-refractivity contribution in [3.63, 3.8) is 0 Å². The van der Waals surface area contributed by atoms with E-state index in [1.165, 1.54) is 0 Å². The number of amides is 2. The Hall–Kier alpha value is -1.91. The summed E-state index contributed by atoms with van der Waals surface area (Å²) in [5.74, 6) is 0.00977. The van der Waals surface area contributed by atoms with Gasteiger partial charge in [-0.1, -0.05) is 26.8 Å². The Kier molecular flexibility index (Phi) is 5.16. The van der Waals surface area contributed by atoms with Crippen LogP contribution in [0.15, 0.2) is 24.4 Å². The molecule has 1 aromatic rings. The third kappa shape index (κ3) is 4.29. The summed E-state index contributed by atoms with van der Waals surface area (Å²) in [6, 6.07) is 5.64. The topological polar surface area (TPSA) is 62.3 Å². The van der Waals surface area contributed by atoms with E-state index in [1.54, 1.807) is 6.20 Å². The van der Waals surface area contributed by atoms with E-state index in [-0.39, 0.29) is 17.7 Å². The summed E-state index contributed by atoms with van der Waals surface area (Å²) in [5, 5.41) is 2.93. The molecule has 5 nitrogen and oxygen atoms in total. The zero-order valence-electron chi connectivity index (χ0n) is 13.6. The highest BCUT2D eigenvalue weighted by Crippen LogP contribution is 2.23. The van der Waals surface area contributed by atoms with E-state index < -0.39 is 5.41 Å². The van der Waals surface area contributed by atoms with Gasteiger partial charge in [0.25, 0.3) is 0 Å². The third-order valence-corrected chi connectivity index (χ3v) is 3.89. The van der Waals surface area contributed by atoms with Crippen molar-refractivity contribution < 1.29 is 9.59 Å². The lowest BCUT2D eigenvalue weighted by molar-refractivity contribution is -0.142. The first kappa shape index (κ1) is 16.5. The van der Waals surface area contributed by atoms with E-state index in [0.29, 0.717) is 13.1 Å². The standard InChI is InChI=1S/C17H25N3O2/c1-17(2,3)16(22)20-10-6-7-13(12-20)15(21)19-11-14-8-4-5-9-18-14/h4-5,8-9,13H,6-7,10-12H2,1-3H3,(H,19,21). The van der Waals surface area contributed by atoms with Gasteiger partial charge in [-0.25, -0.2) is 0 Å². The second-order valence-electron chi connectivity index (χ2n) is 6.88. The Labute approximate surface area is 132 Å². The van der Waals surface area contributed by atoms with Crippen molar-refractivity contribution in [1.82, 2.24) is 15.2 Å². The number of hydrogen-bond donors (Lipinski definition) is 1. The van der Waals surface area contributed by atoms with E-state index in [2.05, 4.69) is 10.3 Å². The van der Waals surface area contributed by atoms with Crippen LogP contribution in [0.1, 0.15) is 39.3 Å². The molecule has 1 unspecified atom stereocenters.